The van der Waals surface area contributed by atoms with Gasteiger partial charge in [0, 0.05) is 5.75 Å². The van der Waals surface area contributed by atoms with Crippen LogP contribution in [0, 0.1) is 0 Å². The van der Waals surface area contributed by atoms with Crippen LogP contribution in [-0.4, -0.2) is 29.9 Å². The van der Waals surface area contributed by atoms with Gasteiger partial charge in [-0.25, -0.2) is 8.42 Å². The quantitative estimate of drug-likeness (QED) is 0.216. The molecule has 0 aromatic carbocycles. The first-order chi connectivity index (χ1) is 11.5. The van der Waals surface area contributed by atoms with E-state index < -0.39 is 10.1 Å². The number of aliphatic hydroxyl groups is 1. The maximum atomic E-state index is 10.4. The molecule has 0 bridgehead atoms. The molecule has 0 heterocycles. The molecule has 0 aromatic rings. The van der Waals surface area contributed by atoms with Crippen molar-refractivity contribution in [2.45, 2.75) is 116 Å². The first-order valence-corrected chi connectivity index (χ1v) is 11.6. The second-order valence-corrected chi connectivity index (χ2v) is 8.61. The largest absolute Gasteiger partial charge is 1.00 e. The molecule has 0 rings (SSSR count). The molecule has 25 heavy (non-hydrogen) atoms. The Labute approximate surface area is 199 Å². The summed E-state index contributed by atoms with van der Waals surface area (Å²) < 4.78 is 31.3. The molecule has 146 valence electrons. The SMILES string of the molecule is CCCCCC(O)CCCCCCCCCCCCCS(=O)(=O)[O-].[K+]. The minimum Gasteiger partial charge on any atom is -0.748 e. The van der Waals surface area contributed by atoms with Gasteiger partial charge in [-0.3, -0.25) is 0 Å². The van der Waals surface area contributed by atoms with Gasteiger partial charge < -0.3 is 9.66 Å². The van der Waals surface area contributed by atoms with Crippen molar-refractivity contribution in [2.24, 2.45) is 0 Å². The molecule has 0 spiro atoms. The van der Waals surface area contributed by atoms with Gasteiger partial charge in [-0.2, -0.15) is 0 Å². The van der Waals surface area contributed by atoms with Crippen LogP contribution in [0.3, 0.4) is 0 Å². The van der Waals surface area contributed by atoms with Crippen molar-refractivity contribution in [3.63, 3.8) is 0 Å². The van der Waals surface area contributed by atoms with Gasteiger partial charge in [0.15, 0.2) is 0 Å². The van der Waals surface area contributed by atoms with Crippen LogP contribution in [0.15, 0.2) is 0 Å². The Kier molecular flexibility index (Phi) is 23.3. The van der Waals surface area contributed by atoms with Crippen LogP contribution in [-0.2, 0) is 10.1 Å². The molecular weight excluding hydrogens is 363 g/mol. The van der Waals surface area contributed by atoms with E-state index in [1.54, 1.807) is 0 Å². The molecular formula is C19H39KO4S. The summed E-state index contributed by atoms with van der Waals surface area (Å²) >= 11 is 0. The number of aliphatic hydroxyl groups excluding tert-OH is 1. The van der Waals surface area contributed by atoms with Gasteiger partial charge in [-0.05, 0) is 19.3 Å². The molecule has 0 radical (unpaired) electrons. The molecule has 0 saturated heterocycles. The number of unbranched alkanes of at least 4 members (excludes halogenated alkanes) is 12. The first-order valence-electron chi connectivity index (χ1n) is 10.1. The fourth-order valence-electron chi connectivity index (χ4n) is 3.02. The Balaban J connectivity index is 0. The minimum atomic E-state index is -4.01. The topological polar surface area (TPSA) is 77.4 Å². The third-order valence-corrected chi connectivity index (χ3v) is 5.36. The van der Waals surface area contributed by atoms with Crippen LogP contribution < -0.4 is 51.4 Å². The second-order valence-electron chi connectivity index (χ2n) is 7.09. The molecule has 0 amide bonds. The summed E-state index contributed by atoms with van der Waals surface area (Å²) in [5.74, 6) is -0.208. The standard InChI is InChI=1S/C19H40O4S.K/c1-2-3-13-16-19(20)17-14-11-9-7-5-4-6-8-10-12-15-18-24(21,22)23;/h19-20H,2-18H2,1H3,(H,21,22,23);/q;+1/p-1. The van der Waals surface area contributed by atoms with Gasteiger partial charge in [0.25, 0.3) is 0 Å². The number of hydrogen-bond donors (Lipinski definition) is 1. The summed E-state index contributed by atoms with van der Waals surface area (Å²) in [6.07, 6.45) is 17.6. The average Bonchev–Trinajstić information content (AvgIpc) is 2.51. The average molecular weight is 403 g/mol. The van der Waals surface area contributed by atoms with E-state index in [0.717, 1.165) is 44.9 Å². The molecule has 0 aliphatic rings. The minimum absolute atomic E-state index is 0. The Bertz CT molecular complexity index is 360. The van der Waals surface area contributed by atoms with Crippen molar-refractivity contribution >= 4 is 10.1 Å². The molecule has 1 unspecified atom stereocenters. The van der Waals surface area contributed by atoms with Gasteiger partial charge in [0.05, 0.1) is 16.2 Å². The molecule has 0 saturated carbocycles. The zero-order valence-corrected chi connectivity index (χ0v) is 20.6. The van der Waals surface area contributed by atoms with E-state index in [4.69, 9.17) is 0 Å². The Morgan fingerprint density at radius 3 is 1.48 bits per heavy atom. The second kappa shape index (κ2) is 20.2. The molecule has 1 N–H and O–H groups in total. The normalized spacial score (nSPS) is 12.8. The summed E-state index contributed by atoms with van der Waals surface area (Å²) in [7, 11) is -4.01. The van der Waals surface area contributed by atoms with E-state index in [1.165, 1.54) is 51.4 Å². The molecule has 0 aromatic heterocycles. The summed E-state index contributed by atoms with van der Waals surface area (Å²) in [6.45, 7) is 2.19. The van der Waals surface area contributed by atoms with Crippen molar-refractivity contribution in [2.75, 3.05) is 5.75 Å². The van der Waals surface area contributed by atoms with Gasteiger partial charge in [-0.1, -0.05) is 90.4 Å². The van der Waals surface area contributed by atoms with Crippen LogP contribution in [0.2, 0.25) is 0 Å². The van der Waals surface area contributed by atoms with Crippen LogP contribution >= 0.6 is 0 Å². The predicted octanol–water partition coefficient (Wildman–Crippen LogP) is 2.16. The molecule has 0 fully saturated rings. The van der Waals surface area contributed by atoms with Crippen LogP contribution in [0.1, 0.15) is 110 Å². The molecule has 4 nitrogen and oxygen atoms in total. The maximum Gasteiger partial charge on any atom is 1.00 e. The summed E-state index contributed by atoms with van der Waals surface area (Å²) in [4.78, 5) is 0. The molecule has 0 aliphatic carbocycles. The zero-order valence-electron chi connectivity index (χ0n) is 16.7. The van der Waals surface area contributed by atoms with Gasteiger partial charge in [-0.15, -0.1) is 0 Å². The van der Waals surface area contributed by atoms with Crippen molar-refractivity contribution in [3.05, 3.63) is 0 Å². The predicted molar refractivity (Wildman–Crippen MR) is 100 cm³/mol. The third kappa shape index (κ3) is 25.5. The van der Waals surface area contributed by atoms with Gasteiger partial charge in [0.2, 0.25) is 0 Å². The van der Waals surface area contributed by atoms with Gasteiger partial charge in [0.1, 0.15) is 0 Å². The van der Waals surface area contributed by atoms with E-state index in [1.807, 2.05) is 0 Å². The Morgan fingerprint density at radius 2 is 1.08 bits per heavy atom. The van der Waals surface area contributed by atoms with Crippen LogP contribution in [0.25, 0.3) is 0 Å². The van der Waals surface area contributed by atoms with E-state index in [-0.39, 0.29) is 63.2 Å². The third-order valence-electron chi connectivity index (χ3n) is 4.57. The molecule has 6 heteroatoms. The van der Waals surface area contributed by atoms with E-state index >= 15 is 0 Å². The summed E-state index contributed by atoms with van der Waals surface area (Å²) in [5.41, 5.74) is 0. The molecule has 1 atom stereocenters. The van der Waals surface area contributed by atoms with Crippen molar-refractivity contribution in [3.8, 4) is 0 Å². The Morgan fingerprint density at radius 1 is 0.720 bits per heavy atom. The number of rotatable bonds is 18. The fourth-order valence-corrected chi connectivity index (χ4v) is 3.58. The summed E-state index contributed by atoms with van der Waals surface area (Å²) in [5, 5.41) is 9.83. The van der Waals surface area contributed by atoms with Crippen molar-refractivity contribution < 1.29 is 69.5 Å². The smallest absolute Gasteiger partial charge is 0.748 e. The number of hydrogen-bond acceptors (Lipinski definition) is 4. The van der Waals surface area contributed by atoms with Crippen molar-refractivity contribution in [1.82, 2.24) is 0 Å². The zero-order chi connectivity index (χ0) is 18.1. The Hall–Kier alpha value is 1.51. The van der Waals surface area contributed by atoms with E-state index in [0.29, 0.717) is 6.42 Å². The van der Waals surface area contributed by atoms with Crippen molar-refractivity contribution in [1.29, 1.82) is 0 Å². The molecule has 0 aliphatic heterocycles. The maximum absolute atomic E-state index is 10.4. The van der Waals surface area contributed by atoms with E-state index in [9.17, 15) is 18.1 Å². The van der Waals surface area contributed by atoms with Crippen LogP contribution in [0.4, 0.5) is 0 Å². The van der Waals surface area contributed by atoms with Crippen LogP contribution in [0.5, 0.6) is 0 Å². The van der Waals surface area contributed by atoms with E-state index in [2.05, 4.69) is 6.92 Å². The van der Waals surface area contributed by atoms with Gasteiger partial charge >= 0.3 is 51.4 Å². The summed E-state index contributed by atoms with van der Waals surface area (Å²) in [6, 6.07) is 0. The first kappa shape index (κ1) is 28.7. The fraction of sp³-hybridized carbons (Fsp3) is 1.00. The monoisotopic (exact) mass is 402 g/mol.